The Kier molecular flexibility index (Phi) is 6.13. The normalized spacial score (nSPS) is 8.36. The van der Waals surface area contributed by atoms with Crippen molar-refractivity contribution in [1.82, 2.24) is 0 Å². The minimum atomic E-state index is -0.833. The van der Waals surface area contributed by atoms with E-state index in [4.69, 9.17) is 15.6 Å². The molecule has 5 nitrogen and oxygen atoms in total. The van der Waals surface area contributed by atoms with Crippen LogP contribution >= 0.6 is 11.3 Å². The summed E-state index contributed by atoms with van der Waals surface area (Å²) in [5.74, 6) is -1.17. The van der Waals surface area contributed by atoms with E-state index in [0.29, 0.717) is 0 Å². The predicted octanol–water partition coefficient (Wildman–Crippen LogP) is 0.736. The number of carboxylic acid groups (broad SMARTS) is 1. The van der Waals surface area contributed by atoms with Gasteiger partial charge in [0.25, 0.3) is 5.97 Å². The monoisotopic (exact) mass is 216 g/mol. The average Bonchev–Trinajstić information content (AvgIpc) is 2.51. The third kappa shape index (κ3) is 8.54. The van der Waals surface area contributed by atoms with E-state index in [1.54, 1.807) is 11.3 Å². The zero-order valence-corrected chi connectivity index (χ0v) is 8.50. The maximum absolute atomic E-state index is 10.3. The number of carbonyl (C=O) groups excluding carboxylic acids is 1. The highest BCUT2D eigenvalue weighted by atomic mass is 32.1. The molecule has 0 radical (unpaired) electrons. The van der Waals surface area contributed by atoms with Crippen LogP contribution in [0.2, 0.25) is 0 Å². The van der Waals surface area contributed by atoms with E-state index in [2.05, 4.69) is 5.32 Å². The SMILES string of the molecule is CC(=O)O.NC(=O)CNc1cccs1. The van der Waals surface area contributed by atoms with E-state index in [1.807, 2.05) is 17.5 Å². The Hall–Kier alpha value is -1.56. The molecule has 1 aromatic heterocycles. The Balaban J connectivity index is 0.000000364. The maximum atomic E-state index is 10.3. The summed E-state index contributed by atoms with van der Waals surface area (Å²) in [6.45, 7) is 1.29. The molecule has 0 spiro atoms. The second kappa shape index (κ2) is 6.90. The van der Waals surface area contributed by atoms with Gasteiger partial charge in [-0.1, -0.05) is 0 Å². The van der Waals surface area contributed by atoms with Gasteiger partial charge in [0.2, 0.25) is 5.91 Å². The maximum Gasteiger partial charge on any atom is 0.300 e. The second-order valence-electron chi connectivity index (χ2n) is 2.32. The summed E-state index contributed by atoms with van der Waals surface area (Å²) in [7, 11) is 0. The number of carbonyl (C=O) groups is 2. The van der Waals surface area contributed by atoms with E-state index < -0.39 is 5.97 Å². The third-order valence-electron chi connectivity index (χ3n) is 0.958. The summed E-state index contributed by atoms with van der Waals surface area (Å²) in [5, 5.41) is 13.2. The molecule has 1 rings (SSSR count). The first-order valence-corrected chi connectivity index (χ1v) is 4.65. The summed E-state index contributed by atoms with van der Waals surface area (Å²) < 4.78 is 0. The number of nitrogens with two attached hydrogens (primary N) is 1. The number of rotatable bonds is 3. The van der Waals surface area contributed by atoms with Crippen LogP contribution in [0.25, 0.3) is 0 Å². The molecule has 0 fully saturated rings. The van der Waals surface area contributed by atoms with Crippen LogP contribution in [0, 0.1) is 0 Å². The van der Waals surface area contributed by atoms with E-state index in [-0.39, 0.29) is 12.5 Å². The molecule has 0 saturated carbocycles. The van der Waals surface area contributed by atoms with Gasteiger partial charge in [0, 0.05) is 6.92 Å². The van der Waals surface area contributed by atoms with Gasteiger partial charge in [0.15, 0.2) is 0 Å². The molecule has 0 aliphatic heterocycles. The molecule has 78 valence electrons. The van der Waals surface area contributed by atoms with Crippen LogP contribution in [-0.4, -0.2) is 23.5 Å². The Morgan fingerprint density at radius 2 is 2.21 bits per heavy atom. The fraction of sp³-hybridized carbons (Fsp3) is 0.250. The molecule has 0 unspecified atom stereocenters. The summed E-state index contributed by atoms with van der Waals surface area (Å²) in [4.78, 5) is 19.3. The van der Waals surface area contributed by atoms with E-state index >= 15 is 0 Å². The van der Waals surface area contributed by atoms with Crippen molar-refractivity contribution in [3.05, 3.63) is 17.5 Å². The van der Waals surface area contributed by atoms with Gasteiger partial charge in [-0.05, 0) is 17.5 Å². The molecule has 0 aliphatic carbocycles. The van der Waals surface area contributed by atoms with Crippen LogP contribution in [0.5, 0.6) is 0 Å². The number of nitrogens with one attached hydrogen (secondary N) is 1. The number of aliphatic carboxylic acids is 1. The zero-order valence-electron chi connectivity index (χ0n) is 7.69. The summed E-state index contributed by atoms with van der Waals surface area (Å²) in [6, 6.07) is 3.81. The Labute approximate surface area is 85.5 Å². The Morgan fingerprint density at radius 3 is 2.57 bits per heavy atom. The van der Waals surface area contributed by atoms with Gasteiger partial charge < -0.3 is 16.2 Å². The van der Waals surface area contributed by atoms with Crippen molar-refractivity contribution in [2.45, 2.75) is 6.92 Å². The molecule has 4 N–H and O–H groups in total. The number of thiophene rings is 1. The van der Waals surface area contributed by atoms with Crippen LogP contribution in [0.1, 0.15) is 6.92 Å². The lowest BCUT2D eigenvalue weighted by Crippen LogP contribution is -2.21. The first kappa shape index (κ1) is 12.4. The molecular weight excluding hydrogens is 204 g/mol. The van der Waals surface area contributed by atoms with Crippen LogP contribution < -0.4 is 11.1 Å². The minimum Gasteiger partial charge on any atom is -0.481 e. The molecule has 14 heavy (non-hydrogen) atoms. The summed E-state index contributed by atoms with van der Waals surface area (Å²) in [5.41, 5.74) is 4.91. The molecule has 0 aliphatic rings. The third-order valence-corrected chi connectivity index (χ3v) is 1.79. The van der Waals surface area contributed by atoms with Gasteiger partial charge in [0.1, 0.15) is 0 Å². The summed E-state index contributed by atoms with van der Waals surface area (Å²) >= 11 is 1.55. The highest BCUT2D eigenvalue weighted by molar-refractivity contribution is 7.14. The topological polar surface area (TPSA) is 92.4 Å². The first-order valence-electron chi connectivity index (χ1n) is 3.77. The van der Waals surface area contributed by atoms with Crippen LogP contribution in [-0.2, 0) is 9.59 Å². The van der Waals surface area contributed by atoms with Gasteiger partial charge in [-0.15, -0.1) is 11.3 Å². The van der Waals surface area contributed by atoms with Crippen molar-refractivity contribution in [2.75, 3.05) is 11.9 Å². The highest BCUT2D eigenvalue weighted by Gasteiger charge is 1.93. The van der Waals surface area contributed by atoms with Crippen molar-refractivity contribution in [3.63, 3.8) is 0 Å². The molecule has 0 aromatic carbocycles. The average molecular weight is 216 g/mol. The zero-order chi connectivity index (χ0) is 11.0. The number of anilines is 1. The fourth-order valence-electron chi connectivity index (χ4n) is 0.553. The molecule has 0 bridgehead atoms. The molecule has 1 heterocycles. The fourth-order valence-corrected chi connectivity index (χ4v) is 1.17. The van der Waals surface area contributed by atoms with Crippen molar-refractivity contribution in [1.29, 1.82) is 0 Å². The molecule has 6 heteroatoms. The van der Waals surface area contributed by atoms with Gasteiger partial charge in [-0.25, -0.2) is 0 Å². The van der Waals surface area contributed by atoms with E-state index in [1.165, 1.54) is 0 Å². The molecule has 1 aromatic rings. The largest absolute Gasteiger partial charge is 0.481 e. The first-order chi connectivity index (χ1) is 6.52. The summed E-state index contributed by atoms with van der Waals surface area (Å²) in [6.07, 6.45) is 0. The number of hydrogen-bond donors (Lipinski definition) is 3. The predicted molar refractivity (Wildman–Crippen MR) is 55.3 cm³/mol. The minimum absolute atomic E-state index is 0.209. The Morgan fingerprint density at radius 1 is 1.64 bits per heavy atom. The van der Waals surface area contributed by atoms with E-state index in [0.717, 1.165) is 11.9 Å². The number of primary amides is 1. The van der Waals surface area contributed by atoms with Crippen molar-refractivity contribution >= 4 is 28.2 Å². The van der Waals surface area contributed by atoms with Gasteiger partial charge in [-0.3, -0.25) is 9.59 Å². The smallest absolute Gasteiger partial charge is 0.300 e. The van der Waals surface area contributed by atoms with Crippen molar-refractivity contribution in [3.8, 4) is 0 Å². The number of amides is 1. The van der Waals surface area contributed by atoms with Crippen LogP contribution in [0.4, 0.5) is 5.00 Å². The standard InChI is InChI=1S/C6H8N2OS.C2H4O2/c7-5(9)4-8-6-2-1-3-10-6;1-2(3)4/h1-3,8H,4H2,(H2,7,9);1H3,(H,3,4). The van der Waals surface area contributed by atoms with Gasteiger partial charge in [0.05, 0.1) is 11.5 Å². The number of carboxylic acids is 1. The molecule has 1 amide bonds. The van der Waals surface area contributed by atoms with Gasteiger partial charge in [-0.2, -0.15) is 0 Å². The molecule has 0 atom stereocenters. The molecule has 0 saturated heterocycles. The van der Waals surface area contributed by atoms with Crippen LogP contribution in [0.3, 0.4) is 0 Å². The van der Waals surface area contributed by atoms with Gasteiger partial charge >= 0.3 is 0 Å². The number of hydrogen-bond acceptors (Lipinski definition) is 4. The second-order valence-corrected chi connectivity index (χ2v) is 3.26. The lowest BCUT2D eigenvalue weighted by molar-refractivity contribution is -0.134. The molecular formula is C8H12N2O3S. The van der Waals surface area contributed by atoms with E-state index in [9.17, 15) is 4.79 Å². The van der Waals surface area contributed by atoms with Crippen molar-refractivity contribution < 1.29 is 14.7 Å². The van der Waals surface area contributed by atoms with Crippen molar-refractivity contribution in [2.24, 2.45) is 5.73 Å². The lowest BCUT2D eigenvalue weighted by atomic mass is 10.5. The van der Waals surface area contributed by atoms with Crippen LogP contribution in [0.15, 0.2) is 17.5 Å². The highest BCUT2D eigenvalue weighted by Crippen LogP contribution is 2.13. The lowest BCUT2D eigenvalue weighted by Gasteiger charge is -1.96. The quantitative estimate of drug-likeness (QED) is 0.694. The Bertz CT molecular complexity index is 281.